The molecule has 2 atom stereocenters. The molecule has 26 heavy (non-hydrogen) atoms. The molecule has 1 saturated heterocycles. The number of halogens is 1. The van der Waals surface area contributed by atoms with Crippen molar-refractivity contribution in [2.75, 3.05) is 19.6 Å². The van der Waals surface area contributed by atoms with Gasteiger partial charge < -0.3 is 15.6 Å². The first kappa shape index (κ1) is 17.3. The molecule has 6 heteroatoms. The summed E-state index contributed by atoms with van der Waals surface area (Å²) in [5, 5.41) is 0. The van der Waals surface area contributed by atoms with Gasteiger partial charge in [0.2, 0.25) is 0 Å². The second-order valence-electron chi connectivity index (χ2n) is 6.61. The number of H-pyrrole nitrogens is 1. The van der Waals surface area contributed by atoms with Crippen LogP contribution in [0.2, 0.25) is 4.34 Å². The lowest BCUT2D eigenvalue weighted by atomic mass is 9.89. The molecule has 0 spiro atoms. The van der Waals surface area contributed by atoms with Crippen molar-refractivity contribution in [2.24, 2.45) is 11.7 Å². The van der Waals surface area contributed by atoms with E-state index < -0.39 is 0 Å². The van der Waals surface area contributed by atoms with Gasteiger partial charge in [-0.3, -0.25) is 4.79 Å². The summed E-state index contributed by atoms with van der Waals surface area (Å²) < 4.78 is 0.716. The summed E-state index contributed by atoms with van der Waals surface area (Å²) in [4.78, 5) is 19.2. The Hall–Kier alpha value is -2.08. The smallest absolute Gasteiger partial charge is 0.256 e. The van der Waals surface area contributed by atoms with Crippen molar-refractivity contribution in [1.29, 1.82) is 0 Å². The van der Waals surface area contributed by atoms with E-state index in [0.717, 1.165) is 10.4 Å². The van der Waals surface area contributed by atoms with Gasteiger partial charge in [0.15, 0.2) is 0 Å². The number of amides is 1. The Bertz CT molecular complexity index is 905. The van der Waals surface area contributed by atoms with Crippen molar-refractivity contribution in [3.05, 3.63) is 70.3 Å². The van der Waals surface area contributed by atoms with Crippen LogP contribution in [0.25, 0.3) is 10.4 Å². The van der Waals surface area contributed by atoms with Crippen LogP contribution in [0.15, 0.2) is 54.9 Å². The standard InChI is InChI=1S/C20H20ClN3OS/c21-19-7-6-18(26-19)15-9-23-10-16(15)20(25)24-11-14(8-22)17(12-24)13-4-2-1-3-5-13/h1-7,9-10,14,17,23H,8,11-12,22H2/t14-,17+/m1/s1. The molecule has 4 rings (SSSR count). The highest BCUT2D eigenvalue weighted by molar-refractivity contribution is 7.19. The molecule has 1 aliphatic rings. The minimum absolute atomic E-state index is 0.0441. The fraction of sp³-hybridized carbons (Fsp3) is 0.250. The van der Waals surface area contributed by atoms with Crippen LogP contribution in [0.4, 0.5) is 0 Å². The van der Waals surface area contributed by atoms with Crippen LogP contribution >= 0.6 is 22.9 Å². The molecule has 3 heterocycles. The molecule has 3 N–H and O–H groups in total. The van der Waals surface area contributed by atoms with Crippen LogP contribution in [-0.4, -0.2) is 35.4 Å². The first-order valence-electron chi connectivity index (χ1n) is 8.64. The Labute approximate surface area is 161 Å². The Morgan fingerprint density at radius 1 is 1.19 bits per heavy atom. The van der Waals surface area contributed by atoms with E-state index in [0.29, 0.717) is 29.5 Å². The number of nitrogens with zero attached hydrogens (tertiary/aromatic N) is 1. The topological polar surface area (TPSA) is 62.1 Å². The number of aromatic nitrogens is 1. The Morgan fingerprint density at radius 2 is 2.00 bits per heavy atom. The number of hydrogen-bond donors (Lipinski definition) is 2. The maximum atomic E-state index is 13.2. The largest absolute Gasteiger partial charge is 0.366 e. The molecule has 1 aromatic carbocycles. The molecule has 1 fully saturated rings. The van der Waals surface area contributed by atoms with Crippen molar-refractivity contribution in [3.63, 3.8) is 0 Å². The molecule has 0 saturated carbocycles. The molecule has 2 aromatic heterocycles. The number of rotatable bonds is 4. The van der Waals surface area contributed by atoms with Crippen LogP contribution in [0, 0.1) is 5.92 Å². The SMILES string of the molecule is NC[C@@H]1CN(C(=O)c2c[nH]cc2-c2ccc(Cl)s2)C[C@H]1c1ccccc1. The second kappa shape index (κ2) is 7.27. The lowest BCUT2D eigenvalue weighted by Crippen LogP contribution is -2.29. The number of nitrogens with one attached hydrogen (secondary N) is 1. The van der Waals surface area contributed by atoms with E-state index >= 15 is 0 Å². The van der Waals surface area contributed by atoms with E-state index in [9.17, 15) is 4.79 Å². The van der Waals surface area contributed by atoms with Crippen LogP contribution in [0.1, 0.15) is 21.8 Å². The Kier molecular flexibility index (Phi) is 4.85. The van der Waals surface area contributed by atoms with Gasteiger partial charge in [-0.05, 0) is 30.2 Å². The van der Waals surface area contributed by atoms with Crippen molar-refractivity contribution in [2.45, 2.75) is 5.92 Å². The predicted octanol–water partition coefficient (Wildman–Crippen LogP) is 4.21. The number of hydrogen-bond acceptors (Lipinski definition) is 3. The zero-order valence-corrected chi connectivity index (χ0v) is 15.8. The third kappa shape index (κ3) is 3.18. The van der Waals surface area contributed by atoms with E-state index in [2.05, 4.69) is 17.1 Å². The normalized spacial score (nSPS) is 19.8. The van der Waals surface area contributed by atoms with E-state index in [1.165, 1.54) is 16.9 Å². The minimum atomic E-state index is 0.0441. The summed E-state index contributed by atoms with van der Waals surface area (Å²) >= 11 is 7.54. The molecule has 3 aromatic rings. The van der Waals surface area contributed by atoms with Gasteiger partial charge in [-0.15, -0.1) is 11.3 Å². The molecule has 4 nitrogen and oxygen atoms in total. The van der Waals surface area contributed by atoms with Gasteiger partial charge >= 0.3 is 0 Å². The van der Waals surface area contributed by atoms with E-state index in [1.807, 2.05) is 41.4 Å². The minimum Gasteiger partial charge on any atom is -0.366 e. The van der Waals surface area contributed by atoms with Gasteiger partial charge in [0.1, 0.15) is 0 Å². The average Bonchev–Trinajstić information content (AvgIpc) is 3.40. The van der Waals surface area contributed by atoms with Crippen LogP contribution in [0.3, 0.4) is 0 Å². The van der Waals surface area contributed by atoms with Gasteiger partial charge in [0, 0.05) is 41.8 Å². The summed E-state index contributed by atoms with van der Waals surface area (Å²) in [6, 6.07) is 14.1. The highest BCUT2D eigenvalue weighted by atomic mass is 35.5. The fourth-order valence-electron chi connectivity index (χ4n) is 3.73. The van der Waals surface area contributed by atoms with Crippen LogP contribution in [-0.2, 0) is 0 Å². The third-order valence-corrected chi connectivity index (χ3v) is 6.34. The van der Waals surface area contributed by atoms with Crippen molar-refractivity contribution in [3.8, 4) is 10.4 Å². The van der Waals surface area contributed by atoms with E-state index in [-0.39, 0.29) is 17.7 Å². The molecule has 0 aliphatic carbocycles. The van der Waals surface area contributed by atoms with Gasteiger partial charge in [-0.2, -0.15) is 0 Å². The fourth-order valence-corrected chi connectivity index (χ4v) is 4.80. The summed E-state index contributed by atoms with van der Waals surface area (Å²) in [6.45, 7) is 1.95. The van der Waals surface area contributed by atoms with Gasteiger partial charge in [0.05, 0.1) is 9.90 Å². The molecule has 0 bridgehead atoms. The first-order valence-corrected chi connectivity index (χ1v) is 9.83. The molecule has 1 aliphatic heterocycles. The molecular weight excluding hydrogens is 366 g/mol. The van der Waals surface area contributed by atoms with E-state index in [1.54, 1.807) is 6.20 Å². The van der Waals surface area contributed by atoms with Crippen LogP contribution < -0.4 is 5.73 Å². The molecule has 0 radical (unpaired) electrons. The number of likely N-dealkylation sites (tertiary alicyclic amines) is 1. The van der Waals surface area contributed by atoms with E-state index in [4.69, 9.17) is 17.3 Å². The highest BCUT2D eigenvalue weighted by Gasteiger charge is 2.36. The average molecular weight is 386 g/mol. The number of nitrogens with two attached hydrogens (primary N) is 1. The van der Waals surface area contributed by atoms with Gasteiger partial charge in [-0.25, -0.2) is 0 Å². The molecule has 0 unspecified atom stereocenters. The number of aromatic amines is 1. The zero-order chi connectivity index (χ0) is 18.1. The molecule has 134 valence electrons. The van der Waals surface area contributed by atoms with Gasteiger partial charge in [0.25, 0.3) is 5.91 Å². The van der Waals surface area contributed by atoms with Crippen molar-refractivity contribution >= 4 is 28.8 Å². The molecular formula is C20H20ClN3OS. The number of carbonyl (C=O) groups is 1. The van der Waals surface area contributed by atoms with Crippen molar-refractivity contribution < 1.29 is 4.79 Å². The highest BCUT2D eigenvalue weighted by Crippen LogP contribution is 2.36. The summed E-state index contributed by atoms with van der Waals surface area (Å²) in [5.74, 6) is 0.603. The lowest BCUT2D eigenvalue weighted by molar-refractivity contribution is 0.0787. The van der Waals surface area contributed by atoms with Crippen molar-refractivity contribution in [1.82, 2.24) is 9.88 Å². The predicted molar refractivity (Wildman–Crippen MR) is 107 cm³/mol. The molecule has 1 amide bonds. The third-order valence-electron chi connectivity index (χ3n) is 5.07. The number of carbonyl (C=O) groups excluding carboxylic acids is 1. The second-order valence-corrected chi connectivity index (χ2v) is 8.32. The number of benzene rings is 1. The van der Waals surface area contributed by atoms with Gasteiger partial charge in [-0.1, -0.05) is 41.9 Å². The maximum Gasteiger partial charge on any atom is 0.256 e. The maximum absolute atomic E-state index is 13.2. The first-order chi connectivity index (χ1) is 12.7. The summed E-state index contributed by atoms with van der Waals surface area (Å²) in [6.07, 6.45) is 3.64. The lowest BCUT2D eigenvalue weighted by Gasteiger charge is -2.17. The quantitative estimate of drug-likeness (QED) is 0.706. The number of thiophene rings is 1. The summed E-state index contributed by atoms with van der Waals surface area (Å²) in [5.41, 5.74) is 8.85. The zero-order valence-electron chi connectivity index (χ0n) is 14.2. The van der Waals surface area contributed by atoms with Crippen LogP contribution in [0.5, 0.6) is 0 Å². The summed E-state index contributed by atoms with van der Waals surface area (Å²) in [7, 11) is 0. The Morgan fingerprint density at radius 3 is 2.69 bits per heavy atom. The Balaban J connectivity index is 1.59. The monoisotopic (exact) mass is 385 g/mol.